The van der Waals surface area contributed by atoms with Crippen LogP contribution in [-0.2, 0) is 28.6 Å². The van der Waals surface area contributed by atoms with E-state index in [1.165, 1.54) is 205 Å². The molecule has 0 bridgehead atoms. The fourth-order valence-electron chi connectivity index (χ4n) is 9.56. The summed E-state index contributed by atoms with van der Waals surface area (Å²) in [6.07, 6.45) is 77.6. The van der Waals surface area contributed by atoms with E-state index in [4.69, 9.17) is 14.2 Å². The summed E-state index contributed by atoms with van der Waals surface area (Å²) < 4.78 is 16.8. The maximum atomic E-state index is 12.8. The third kappa shape index (κ3) is 60.1. The maximum Gasteiger partial charge on any atom is 0.306 e. The first-order valence-corrected chi connectivity index (χ1v) is 32.1. The number of carbonyl (C=O) groups excluding carboxylic acids is 3. The summed E-state index contributed by atoms with van der Waals surface area (Å²) in [7, 11) is 0. The van der Waals surface area contributed by atoms with Gasteiger partial charge in [-0.15, -0.1) is 0 Å². The lowest BCUT2D eigenvalue weighted by Crippen LogP contribution is -2.30. The number of allylic oxidation sites excluding steroid dienone is 8. The summed E-state index contributed by atoms with van der Waals surface area (Å²) >= 11 is 0. The van der Waals surface area contributed by atoms with Gasteiger partial charge in [-0.2, -0.15) is 0 Å². The van der Waals surface area contributed by atoms with Gasteiger partial charge >= 0.3 is 17.9 Å². The molecular weight excluding hydrogens is 901 g/mol. The van der Waals surface area contributed by atoms with Gasteiger partial charge in [0.05, 0.1) is 0 Å². The standard InChI is InChI=1S/C67H122O6/c1-4-7-10-13-15-17-19-21-23-25-27-29-30-31-32-33-34-35-36-38-39-41-43-45-47-49-51-54-57-60-66(69)72-63-64(62-71-65(68)59-56-53-12-9-6-3)73-67(70)61-58-55-52-50-48-46-44-42-40-37-28-26-24-22-20-18-16-14-11-8-5-2/h8,11,16,18,22,24,28,37,64H,4-7,9-10,12-15,17,19-21,23,25-27,29-36,38-63H2,1-3H3/b11-8-,18-16-,24-22-,37-28-. The minimum atomic E-state index is -0.772. The zero-order valence-corrected chi connectivity index (χ0v) is 48.9. The molecule has 6 heteroatoms. The number of esters is 3. The van der Waals surface area contributed by atoms with Crippen molar-refractivity contribution in [1.29, 1.82) is 0 Å². The van der Waals surface area contributed by atoms with Crippen LogP contribution in [0.25, 0.3) is 0 Å². The van der Waals surface area contributed by atoms with E-state index < -0.39 is 6.10 Å². The van der Waals surface area contributed by atoms with Crippen molar-refractivity contribution in [2.24, 2.45) is 0 Å². The first-order valence-electron chi connectivity index (χ1n) is 32.1. The van der Waals surface area contributed by atoms with Gasteiger partial charge in [-0.1, -0.05) is 313 Å². The number of unbranched alkanes of at least 4 members (excludes halogenated alkanes) is 40. The summed E-state index contributed by atoms with van der Waals surface area (Å²) in [5, 5.41) is 0. The number of hydrogen-bond donors (Lipinski definition) is 0. The van der Waals surface area contributed by atoms with Crippen molar-refractivity contribution in [3.8, 4) is 0 Å². The molecule has 1 atom stereocenters. The molecule has 0 fully saturated rings. The topological polar surface area (TPSA) is 78.9 Å². The highest BCUT2D eigenvalue weighted by molar-refractivity contribution is 5.71. The van der Waals surface area contributed by atoms with E-state index in [1.54, 1.807) is 0 Å². The van der Waals surface area contributed by atoms with E-state index in [2.05, 4.69) is 69.4 Å². The second kappa shape index (κ2) is 61.9. The van der Waals surface area contributed by atoms with E-state index >= 15 is 0 Å². The Morgan fingerprint density at radius 3 is 0.836 bits per heavy atom. The van der Waals surface area contributed by atoms with Gasteiger partial charge < -0.3 is 14.2 Å². The molecule has 0 aromatic heterocycles. The normalized spacial score (nSPS) is 12.3. The van der Waals surface area contributed by atoms with Crippen molar-refractivity contribution in [3.05, 3.63) is 48.6 Å². The highest BCUT2D eigenvalue weighted by atomic mass is 16.6. The van der Waals surface area contributed by atoms with E-state index in [-0.39, 0.29) is 31.1 Å². The predicted molar refractivity (Wildman–Crippen MR) is 316 cm³/mol. The zero-order chi connectivity index (χ0) is 52.9. The van der Waals surface area contributed by atoms with Crippen LogP contribution in [0.15, 0.2) is 48.6 Å². The Hall–Kier alpha value is -2.63. The third-order valence-electron chi connectivity index (χ3n) is 14.3. The molecule has 0 N–H and O–H groups in total. The molecule has 0 heterocycles. The Morgan fingerprint density at radius 2 is 0.534 bits per heavy atom. The van der Waals surface area contributed by atoms with Gasteiger partial charge in [0.15, 0.2) is 6.10 Å². The molecule has 0 rings (SSSR count). The van der Waals surface area contributed by atoms with Gasteiger partial charge in [-0.25, -0.2) is 0 Å². The minimum absolute atomic E-state index is 0.0732. The van der Waals surface area contributed by atoms with Crippen molar-refractivity contribution in [1.82, 2.24) is 0 Å². The van der Waals surface area contributed by atoms with Crippen molar-refractivity contribution in [3.63, 3.8) is 0 Å². The van der Waals surface area contributed by atoms with Crippen LogP contribution >= 0.6 is 0 Å². The van der Waals surface area contributed by atoms with Crippen LogP contribution in [-0.4, -0.2) is 37.2 Å². The lowest BCUT2D eigenvalue weighted by atomic mass is 10.0. The van der Waals surface area contributed by atoms with Crippen molar-refractivity contribution in [2.75, 3.05) is 13.2 Å². The predicted octanol–water partition coefficient (Wildman–Crippen LogP) is 21.8. The molecule has 0 aromatic rings. The van der Waals surface area contributed by atoms with Crippen LogP contribution in [0.1, 0.15) is 342 Å². The smallest absolute Gasteiger partial charge is 0.306 e. The van der Waals surface area contributed by atoms with Crippen molar-refractivity contribution in [2.45, 2.75) is 348 Å². The van der Waals surface area contributed by atoms with Crippen LogP contribution in [0.3, 0.4) is 0 Å². The Kier molecular flexibility index (Phi) is 59.7. The van der Waals surface area contributed by atoms with Crippen LogP contribution in [0, 0.1) is 0 Å². The van der Waals surface area contributed by atoms with Gasteiger partial charge in [-0.05, 0) is 57.8 Å². The van der Waals surface area contributed by atoms with Gasteiger partial charge in [0.2, 0.25) is 0 Å². The molecule has 0 aliphatic rings. The number of hydrogen-bond acceptors (Lipinski definition) is 6. The second-order valence-electron chi connectivity index (χ2n) is 21.7. The monoisotopic (exact) mass is 1020 g/mol. The quantitative estimate of drug-likeness (QED) is 0.0261. The molecular formula is C67H122O6. The van der Waals surface area contributed by atoms with Crippen LogP contribution in [0.5, 0.6) is 0 Å². The van der Waals surface area contributed by atoms with Crippen LogP contribution < -0.4 is 0 Å². The Balaban J connectivity index is 3.97. The first kappa shape index (κ1) is 70.4. The fourth-order valence-corrected chi connectivity index (χ4v) is 9.56. The average molecular weight is 1020 g/mol. The SMILES string of the molecule is CC/C=C\C/C=C\C/C=C\C/C=C\CCCCCCCCCCC(=O)OC(COC(=O)CCCCCCC)COC(=O)CCCCCCCCCCCCCCCCCCCCCCCCCCCCCCC. The Morgan fingerprint density at radius 1 is 0.288 bits per heavy atom. The highest BCUT2D eigenvalue weighted by Crippen LogP contribution is 2.18. The summed E-state index contributed by atoms with van der Waals surface area (Å²) in [4.78, 5) is 37.9. The largest absolute Gasteiger partial charge is 0.462 e. The van der Waals surface area contributed by atoms with Gasteiger partial charge in [0.25, 0.3) is 0 Å². The van der Waals surface area contributed by atoms with Crippen LogP contribution in [0.4, 0.5) is 0 Å². The van der Waals surface area contributed by atoms with E-state index in [0.29, 0.717) is 19.3 Å². The van der Waals surface area contributed by atoms with Gasteiger partial charge in [-0.3, -0.25) is 14.4 Å². The molecule has 1 unspecified atom stereocenters. The number of carbonyl (C=O) groups is 3. The van der Waals surface area contributed by atoms with Gasteiger partial charge in [0.1, 0.15) is 13.2 Å². The molecule has 73 heavy (non-hydrogen) atoms. The van der Waals surface area contributed by atoms with E-state index in [1.807, 2.05) is 0 Å². The zero-order valence-electron chi connectivity index (χ0n) is 48.9. The summed E-state index contributed by atoms with van der Waals surface area (Å²) in [6.45, 7) is 6.49. The Labute approximate surface area is 454 Å². The minimum Gasteiger partial charge on any atom is -0.462 e. The summed E-state index contributed by atoms with van der Waals surface area (Å²) in [6, 6.07) is 0. The molecule has 426 valence electrons. The van der Waals surface area contributed by atoms with Crippen LogP contribution in [0.2, 0.25) is 0 Å². The molecule has 0 radical (unpaired) electrons. The fraction of sp³-hybridized carbons (Fsp3) is 0.836. The van der Waals surface area contributed by atoms with E-state index in [9.17, 15) is 14.4 Å². The average Bonchev–Trinajstić information content (AvgIpc) is 3.39. The molecule has 0 aromatic carbocycles. The molecule has 0 saturated heterocycles. The maximum absolute atomic E-state index is 12.8. The van der Waals surface area contributed by atoms with Crippen molar-refractivity contribution >= 4 is 17.9 Å². The second-order valence-corrected chi connectivity index (χ2v) is 21.7. The third-order valence-corrected chi connectivity index (χ3v) is 14.3. The molecule has 0 aliphatic carbocycles. The first-order chi connectivity index (χ1) is 36.0. The summed E-state index contributed by atoms with van der Waals surface area (Å²) in [5.41, 5.74) is 0. The Bertz CT molecular complexity index is 1270. The lowest BCUT2D eigenvalue weighted by molar-refractivity contribution is -0.167. The lowest BCUT2D eigenvalue weighted by Gasteiger charge is -2.18. The molecule has 0 spiro atoms. The molecule has 0 aliphatic heterocycles. The van der Waals surface area contributed by atoms with Gasteiger partial charge in [0, 0.05) is 19.3 Å². The highest BCUT2D eigenvalue weighted by Gasteiger charge is 2.19. The van der Waals surface area contributed by atoms with Crippen molar-refractivity contribution < 1.29 is 28.6 Å². The molecule has 0 amide bonds. The summed E-state index contributed by atoms with van der Waals surface area (Å²) in [5.74, 6) is -0.879. The number of rotatable bonds is 59. The van der Waals surface area contributed by atoms with E-state index in [0.717, 1.165) is 96.3 Å². The number of ether oxygens (including phenoxy) is 3. The molecule has 0 saturated carbocycles. The molecule has 6 nitrogen and oxygen atoms in total.